The van der Waals surface area contributed by atoms with Crippen molar-refractivity contribution in [3.63, 3.8) is 0 Å². The average molecular weight is 208 g/mol. The smallest absolute Gasteiger partial charge is 0.145 e. The lowest BCUT2D eigenvalue weighted by atomic mass is 10.2. The number of anilines is 1. The summed E-state index contributed by atoms with van der Waals surface area (Å²) in [6.07, 6.45) is 1.79. The third kappa shape index (κ3) is 1.46. The second kappa shape index (κ2) is 3.35. The van der Waals surface area contributed by atoms with Crippen LogP contribution in [0.25, 0.3) is 5.69 Å². The molecule has 72 valence electrons. The summed E-state index contributed by atoms with van der Waals surface area (Å²) < 4.78 is 1.67. The molecule has 2 aromatic rings. The molecule has 1 aromatic heterocycles. The van der Waals surface area contributed by atoms with E-state index in [0.29, 0.717) is 10.8 Å². The third-order valence-electron chi connectivity index (χ3n) is 2.03. The van der Waals surface area contributed by atoms with Crippen LogP contribution in [0.15, 0.2) is 30.5 Å². The Kier molecular flexibility index (Phi) is 2.17. The molecule has 0 saturated heterocycles. The molecule has 2 rings (SSSR count). The normalized spacial score (nSPS) is 10.4. The zero-order valence-corrected chi connectivity index (χ0v) is 8.49. The molecule has 0 saturated carbocycles. The number of aromatic nitrogens is 2. The summed E-state index contributed by atoms with van der Waals surface area (Å²) in [4.78, 5) is 0. The zero-order chi connectivity index (χ0) is 10.1. The van der Waals surface area contributed by atoms with Gasteiger partial charge in [-0.3, -0.25) is 0 Å². The van der Waals surface area contributed by atoms with Gasteiger partial charge in [0.15, 0.2) is 0 Å². The van der Waals surface area contributed by atoms with Crippen LogP contribution in [-0.4, -0.2) is 9.78 Å². The van der Waals surface area contributed by atoms with Gasteiger partial charge in [-0.1, -0.05) is 23.7 Å². The van der Waals surface area contributed by atoms with Crippen LogP contribution < -0.4 is 5.73 Å². The highest BCUT2D eigenvalue weighted by molar-refractivity contribution is 6.33. The predicted octanol–water partition coefficient (Wildman–Crippen LogP) is 2.42. The molecule has 0 aliphatic heterocycles. The lowest BCUT2D eigenvalue weighted by Gasteiger charge is -2.05. The molecule has 0 bridgehead atoms. The molecule has 0 fully saturated rings. The first-order valence-electron chi connectivity index (χ1n) is 4.25. The van der Waals surface area contributed by atoms with E-state index in [4.69, 9.17) is 17.3 Å². The summed E-state index contributed by atoms with van der Waals surface area (Å²) >= 11 is 6.14. The maximum atomic E-state index is 6.14. The van der Waals surface area contributed by atoms with E-state index in [9.17, 15) is 0 Å². The second-order valence-electron chi connectivity index (χ2n) is 3.09. The van der Waals surface area contributed by atoms with Gasteiger partial charge < -0.3 is 5.73 Å². The van der Waals surface area contributed by atoms with Crippen LogP contribution in [0.2, 0.25) is 5.02 Å². The van der Waals surface area contributed by atoms with E-state index in [0.717, 1.165) is 11.3 Å². The van der Waals surface area contributed by atoms with Gasteiger partial charge in [0.2, 0.25) is 0 Å². The summed E-state index contributed by atoms with van der Waals surface area (Å²) in [5.41, 5.74) is 7.41. The van der Waals surface area contributed by atoms with Gasteiger partial charge in [0.05, 0.1) is 10.7 Å². The first-order valence-corrected chi connectivity index (χ1v) is 4.63. The Balaban J connectivity index is 2.57. The minimum Gasteiger partial charge on any atom is -0.382 e. The minimum atomic E-state index is 0.488. The Morgan fingerprint density at radius 2 is 2.14 bits per heavy atom. The molecule has 0 aliphatic carbocycles. The third-order valence-corrected chi connectivity index (χ3v) is 2.52. The molecule has 14 heavy (non-hydrogen) atoms. The number of nitrogens with zero attached hydrogens (tertiary/aromatic N) is 2. The maximum Gasteiger partial charge on any atom is 0.145 e. The number of aryl methyl sites for hydroxylation is 1. The monoisotopic (exact) mass is 207 g/mol. The van der Waals surface area contributed by atoms with Crippen LogP contribution in [0.3, 0.4) is 0 Å². The molecule has 4 heteroatoms. The van der Waals surface area contributed by atoms with E-state index in [2.05, 4.69) is 5.10 Å². The molecule has 2 N–H and O–H groups in total. The van der Waals surface area contributed by atoms with Crippen molar-refractivity contribution in [2.75, 3.05) is 5.73 Å². The summed E-state index contributed by atoms with van der Waals surface area (Å²) in [7, 11) is 0. The first kappa shape index (κ1) is 9.09. The molecule has 0 radical (unpaired) electrons. The van der Waals surface area contributed by atoms with Gasteiger partial charge >= 0.3 is 0 Å². The lowest BCUT2D eigenvalue weighted by molar-refractivity contribution is 0.885. The molecule has 1 aromatic carbocycles. The lowest BCUT2D eigenvalue weighted by Crippen LogP contribution is -1.97. The van der Waals surface area contributed by atoms with Gasteiger partial charge in [-0.2, -0.15) is 5.10 Å². The van der Waals surface area contributed by atoms with Crippen molar-refractivity contribution in [3.8, 4) is 5.69 Å². The molecule has 1 heterocycles. The quantitative estimate of drug-likeness (QED) is 0.781. The Morgan fingerprint density at radius 1 is 1.36 bits per heavy atom. The van der Waals surface area contributed by atoms with Crippen molar-refractivity contribution in [3.05, 3.63) is 41.0 Å². The SMILES string of the molecule is Cc1cccc(-n2ccc(N)n2)c1Cl. The van der Waals surface area contributed by atoms with Gasteiger partial charge in [0.25, 0.3) is 0 Å². The zero-order valence-electron chi connectivity index (χ0n) is 7.74. The van der Waals surface area contributed by atoms with E-state index in [1.54, 1.807) is 16.9 Å². The summed E-state index contributed by atoms with van der Waals surface area (Å²) in [6.45, 7) is 1.96. The molecule has 3 nitrogen and oxygen atoms in total. The molecule has 0 unspecified atom stereocenters. The summed E-state index contributed by atoms with van der Waals surface area (Å²) in [6, 6.07) is 7.54. The van der Waals surface area contributed by atoms with Crippen molar-refractivity contribution in [2.24, 2.45) is 0 Å². The van der Waals surface area contributed by atoms with Crippen molar-refractivity contribution >= 4 is 17.4 Å². The van der Waals surface area contributed by atoms with Crippen molar-refractivity contribution in [1.82, 2.24) is 9.78 Å². The fraction of sp³-hybridized carbons (Fsp3) is 0.100. The fourth-order valence-electron chi connectivity index (χ4n) is 1.28. The van der Waals surface area contributed by atoms with Gasteiger partial charge in [0, 0.05) is 12.3 Å². The van der Waals surface area contributed by atoms with Gasteiger partial charge in [-0.25, -0.2) is 4.68 Å². The van der Waals surface area contributed by atoms with Gasteiger partial charge in [-0.05, 0) is 18.6 Å². The maximum absolute atomic E-state index is 6.14. The van der Waals surface area contributed by atoms with Crippen molar-refractivity contribution < 1.29 is 0 Å². The van der Waals surface area contributed by atoms with Crippen LogP contribution in [0.4, 0.5) is 5.82 Å². The highest BCUT2D eigenvalue weighted by atomic mass is 35.5. The number of halogens is 1. The minimum absolute atomic E-state index is 0.488. The predicted molar refractivity (Wildman–Crippen MR) is 57.7 cm³/mol. The molecule has 0 spiro atoms. The highest BCUT2D eigenvalue weighted by Gasteiger charge is 2.05. The van der Waals surface area contributed by atoms with Crippen LogP contribution >= 0.6 is 11.6 Å². The number of rotatable bonds is 1. The number of hydrogen-bond acceptors (Lipinski definition) is 2. The van der Waals surface area contributed by atoms with Crippen LogP contribution in [0, 0.1) is 6.92 Å². The van der Waals surface area contributed by atoms with E-state index in [1.807, 2.05) is 25.1 Å². The average Bonchev–Trinajstić information content (AvgIpc) is 2.57. The van der Waals surface area contributed by atoms with E-state index >= 15 is 0 Å². The second-order valence-corrected chi connectivity index (χ2v) is 3.47. The highest BCUT2D eigenvalue weighted by Crippen LogP contribution is 2.23. The summed E-state index contributed by atoms with van der Waals surface area (Å²) in [5, 5.41) is 4.80. The first-order chi connectivity index (χ1) is 6.68. The largest absolute Gasteiger partial charge is 0.382 e. The van der Waals surface area contributed by atoms with Crippen molar-refractivity contribution in [1.29, 1.82) is 0 Å². The van der Waals surface area contributed by atoms with Crippen LogP contribution in [0.1, 0.15) is 5.56 Å². The molecule has 0 atom stereocenters. The Labute approximate surface area is 87.1 Å². The van der Waals surface area contributed by atoms with Crippen LogP contribution in [-0.2, 0) is 0 Å². The topological polar surface area (TPSA) is 43.8 Å². The number of nitrogens with two attached hydrogens (primary N) is 1. The Hall–Kier alpha value is -1.48. The van der Waals surface area contributed by atoms with E-state index in [-0.39, 0.29) is 0 Å². The Bertz CT molecular complexity index is 462. The molecular weight excluding hydrogens is 198 g/mol. The molecular formula is C10H10ClN3. The van der Waals surface area contributed by atoms with E-state index in [1.165, 1.54) is 0 Å². The number of benzene rings is 1. The van der Waals surface area contributed by atoms with Crippen LogP contribution in [0.5, 0.6) is 0 Å². The number of hydrogen-bond donors (Lipinski definition) is 1. The summed E-state index contributed by atoms with van der Waals surface area (Å²) in [5.74, 6) is 0.488. The molecule has 0 amide bonds. The van der Waals surface area contributed by atoms with Gasteiger partial charge in [0.1, 0.15) is 5.82 Å². The molecule has 0 aliphatic rings. The fourth-order valence-corrected chi connectivity index (χ4v) is 1.49. The van der Waals surface area contributed by atoms with Crippen molar-refractivity contribution in [2.45, 2.75) is 6.92 Å². The number of nitrogen functional groups attached to an aromatic ring is 1. The standard InChI is InChI=1S/C10H10ClN3/c1-7-3-2-4-8(10(7)11)14-6-5-9(12)13-14/h2-6H,1H3,(H2,12,13). The van der Waals surface area contributed by atoms with E-state index < -0.39 is 0 Å². The Morgan fingerprint density at radius 3 is 2.79 bits per heavy atom. The van der Waals surface area contributed by atoms with Gasteiger partial charge in [-0.15, -0.1) is 0 Å².